The Labute approximate surface area is 74.9 Å². The smallest absolute Gasteiger partial charge is 0.0861 e. The van der Waals surface area contributed by atoms with Gasteiger partial charge in [0.15, 0.2) is 0 Å². The van der Waals surface area contributed by atoms with Crippen molar-refractivity contribution < 1.29 is 9.84 Å². The molecule has 0 aliphatic carbocycles. The minimum Gasteiger partial charge on any atom is -0.390 e. The molecular weight excluding hydrogens is 152 g/mol. The number of rotatable bonds is 2. The van der Waals surface area contributed by atoms with Gasteiger partial charge in [0.05, 0.1) is 18.3 Å². The Hall–Kier alpha value is -0.0800. The van der Waals surface area contributed by atoms with Crippen LogP contribution in [0.4, 0.5) is 0 Å². The average molecular weight is 172 g/mol. The zero-order valence-electron chi connectivity index (χ0n) is 8.45. The topological polar surface area (TPSA) is 29.5 Å². The Morgan fingerprint density at radius 1 is 1.17 bits per heavy atom. The van der Waals surface area contributed by atoms with Gasteiger partial charge in [0.1, 0.15) is 0 Å². The van der Waals surface area contributed by atoms with Gasteiger partial charge >= 0.3 is 0 Å². The molecule has 1 heterocycles. The van der Waals surface area contributed by atoms with Gasteiger partial charge in [-0.05, 0) is 11.8 Å². The van der Waals surface area contributed by atoms with Gasteiger partial charge in [-0.25, -0.2) is 0 Å². The van der Waals surface area contributed by atoms with Crippen LogP contribution < -0.4 is 0 Å². The van der Waals surface area contributed by atoms with E-state index in [0.29, 0.717) is 11.8 Å². The van der Waals surface area contributed by atoms with E-state index >= 15 is 0 Å². The maximum absolute atomic E-state index is 9.65. The second kappa shape index (κ2) is 3.75. The lowest BCUT2D eigenvalue weighted by molar-refractivity contribution is -0.0297. The van der Waals surface area contributed by atoms with E-state index in [9.17, 15) is 5.11 Å². The van der Waals surface area contributed by atoms with Gasteiger partial charge in [-0.3, -0.25) is 0 Å². The van der Waals surface area contributed by atoms with E-state index < -0.39 is 0 Å². The van der Waals surface area contributed by atoms with E-state index in [-0.39, 0.29) is 18.3 Å². The Kier molecular flexibility index (Phi) is 3.13. The van der Waals surface area contributed by atoms with Gasteiger partial charge in [0, 0.05) is 6.42 Å². The van der Waals surface area contributed by atoms with E-state index in [0.717, 1.165) is 6.42 Å². The summed E-state index contributed by atoms with van der Waals surface area (Å²) in [5.74, 6) is 0.937. The fourth-order valence-corrected chi connectivity index (χ4v) is 1.75. The molecule has 0 spiro atoms. The van der Waals surface area contributed by atoms with Crippen LogP contribution >= 0.6 is 0 Å². The molecule has 2 nitrogen and oxygen atoms in total. The number of hydrogen-bond acceptors (Lipinski definition) is 2. The summed E-state index contributed by atoms with van der Waals surface area (Å²) in [6, 6.07) is 0. The first-order valence-electron chi connectivity index (χ1n) is 4.86. The Morgan fingerprint density at radius 3 is 2.00 bits per heavy atom. The fraction of sp³-hybridized carbons (Fsp3) is 1.00. The molecule has 3 atom stereocenters. The molecule has 12 heavy (non-hydrogen) atoms. The Balaban J connectivity index is 2.50. The summed E-state index contributed by atoms with van der Waals surface area (Å²) in [6.07, 6.45) is 0.864. The standard InChI is InChI=1S/C10H20O2/c1-6(2)9-5-8(11)10(12-9)7(3)4/h6-11H,5H2,1-4H3/t8-,9-,10-/m1/s1. The predicted molar refractivity (Wildman–Crippen MR) is 49.0 cm³/mol. The lowest BCUT2D eigenvalue weighted by Gasteiger charge is -2.19. The van der Waals surface area contributed by atoms with Crippen molar-refractivity contribution in [2.45, 2.75) is 52.4 Å². The monoisotopic (exact) mass is 172 g/mol. The number of aliphatic hydroxyl groups is 1. The highest BCUT2D eigenvalue weighted by Gasteiger charge is 2.36. The maximum Gasteiger partial charge on any atom is 0.0861 e. The lowest BCUT2D eigenvalue weighted by Crippen LogP contribution is -2.26. The molecule has 0 aromatic rings. The van der Waals surface area contributed by atoms with E-state index in [1.165, 1.54) is 0 Å². The predicted octanol–water partition coefficient (Wildman–Crippen LogP) is 1.82. The molecule has 0 unspecified atom stereocenters. The zero-order chi connectivity index (χ0) is 9.30. The van der Waals surface area contributed by atoms with Crippen LogP contribution in [-0.4, -0.2) is 23.4 Å². The zero-order valence-corrected chi connectivity index (χ0v) is 8.45. The van der Waals surface area contributed by atoms with Crippen molar-refractivity contribution in [3.63, 3.8) is 0 Å². The largest absolute Gasteiger partial charge is 0.390 e. The molecule has 1 N–H and O–H groups in total. The summed E-state index contributed by atoms with van der Waals surface area (Å²) in [5, 5.41) is 9.65. The SMILES string of the molecule is CC(C)[C@H]1O[C@@H](C(C)C)C[C@H]1O. The lowest BCUT2D eigenvalue weighted by atomic mass is 9.99. The Morgan fingerprint density at radius 2 is 1.75 bits per heavy atom. The molecule has 0 aromatic carbocycles. The third kappa shape index (κ3) is 1.99. The summed E-state index contributed by atoms with van der Waals surface area (Å²) in [5.41, 5.74) is 0. The second-order valence-electron chi connectivity index (χ2n) is 4.43. The molecule has 1 aliphatic heterocycles. The molecule has 1 rings (SSSR count). The van der Waals surface area contributed by atoms with Crippen molar-refractivity contribution in [2.24, 2.45) is 11.8 Å². The molecule has 1 saturated heterocycles. The van der Waals surface area contributed by atoms with Crippen LogP contribution in [0.5, 0.6) is 0 Å². The van der Waals surface area contributed by atoms with E-state index in [2.05, 4.69) is 27.7 Å². The van der Waals surface area contributed by atoms with Gasteiger partial charge in [0.2, 0.25) is 0 Å². The summed E-state index contributed by atoms with van der Waals surface area (Å²) in [6.45, 7) is 8.47. The molecule has 1 aliphatic rings. The minimum absolute atomic E-state index is 0.0531. The summed E-state index contributed by atoms with van der Waals surface area (Å²) in [7, 11) is 0. The third-order valence-corrected chi connectivity index (χ3v) is 2.59. The number of aliphatic hydroxyl groups excluding tert-OH is 1. The van der Waals surface area contributed by atoms with Gasteiger partial charge in [-0.15, -0.1) is 0 Å². The fourth-order valence-electron chi connectivity index (χ4n) is 1.75. The van der Waals surface area contributed by atoms with E-state index in [1.54, 1.807) is 0 Å². The summed E-state index contributed by atoms with van der Waals surface area (Å²) < 4.78 is 5.75. The van der Waals surface area contributed by atoms with Crippen molar-refractivity contribution in [1.29, 1.82) is 0 Å². The van der Waals surface area contributed by atoms with E-state index in [4.69, 9.17) is 4.74 Å². The van der Waals surface area contributed by atoms with Gasteiger partial charge in [0.25, 0.3) is 0 Å². The average Bonchev–Trinajstić information content (AvgIpc) is 2.30. The quantitative estimate of drug-likeness (QED) is 0.688. The van der Waals surface area contributed by atoms with Gasteiger partial charge < -0.3 is 9.84 Å². The normalized spacial score (nSPS) is 36.8. The molecular formula is C10H20O2. The van der Waals surface area contributed by atoms with Crippen LogP contribution in [0.15, 0.2) is 0 Å². The molecule has 0 bridgehead atoms. The highest BCUT2D eigenvalue weighted by molar-refractivity contribution is 4.85. The van der Waals surface area contributed by atoms with Crippen LogP contribution in [0.1, 0.15) is 34.1 Å². The van der Waals surface area contributed by atoms with Crippen molar-refractivity contribution in [1.82, 2.24) is 0 Å². The number of hydrogen-bond donors (Lipinski definition) is 1. The van der Waals surface area contributed by atoms with Crippen LogP contribution in [0.2, 0.25) is 0 Å². The van der Waals surface area contributed by atoms with Crippen LogP contribution in [-0.2, 0) is 4.74 Å². The summed E-state index contributed by atoms with van der Waals surface area (Å²) >= 11 is 0. The van der Waals surface area contributed by atoms with Crippen molar-refractivity contribution in [3.8, 4) is 0 Å². The first-order valence-corrected chi connectivity index (χ1v) is 4.86. The number of ether oxygens (including phenoxy) is 1. The second-order valence-corrected chi connectivity index (χ2v) is 4.43. The van der Waals surface area contributed by atoms with Gasteiger partial charge in [-0.2, -0.15) is 0 Å². The molecule has 72 valence electrons. The van der Waals surface area contributed by atoms with Crippen LogP contribution in [0.25, 0.3) is 0 Å². The van der Waals surface area contributed by atoms with Crippen molar-refractivity contribution in [3.05, 3.63) is 0 Å². The Bertz CT molecular complexity index is 143. The molecule has 1 fully saturated rings. The van der Waals surface area contributed by atoms with Crippen molar-refractivity contribution >= 4 is 0 Å². The van der Waals surface area contributed by atoms with Crippen LogP contribution in [0.3, 0.4) is 0 Å². The van der Waals surface area contributed by atoms with E-state index in [1.807, 2.05) is 0 Å². The third-order valence-electron chi connectivity index (χ3n) is 2.59. The molecule has 0 amide bonds. The van der Waals surface area contributed by atoms with Gasteiger partial charge in [-0.1, -0.05) is 27.7 Å². The molecule has 0 aromatic heterocycles. The van der Waals surface area contributed by atoms with Crippen molar-refractivity contribution in [2.75, 3.05) is 0 Å². The highest BCUT2D eigenvalue weighted by Crippen LogP contribution is 2.29. The highest BCUT2D eigenvalue weighted by atomic mass is 16.5. The molecule has 2 heteroatoms. The maximum atomic E-state index is 9.65. The minimum atomic E-state index is -0.252. The summed E-state index contributed by atoms with van der Waals surface area (Å²) in [4.78, 5) is 0. The molecule has 0 radical (unpaired) electrons. The van der Waals surface area contributed by atoms with Crippen LogP contribution in [0, 0.1) is 11.8 Å². The first kappa shape index (κ1) is 10.0. The molecule has 0 saturated carbocycles. The first-order chi connectivity index (χ1) is 5.52.